The van der Waals surface area contributed by atoms with Gasteiger partial charge in [-0.25, -0.2) is 4.98 Å². The molecule has 80 valence electrons. The van der Waals surface area contributed by atoms with Crippen LogP contribution in [-0.4, -0.2) is 23.2 Å². The Labute approximate surface area is 92.2 Å². The van der Waals surface area contributed by atoms with Gasteiger partial charge < -0.3 is 9.84 Å². The first-order chi connectivity index (χ1) is 7.13. The first-order valence-electron chi connectivity index (χ1n) is 4.21. The van der Waals surface area contributed by atoms with Crippen LogP contribution in [0.2, 0.25) is 5.02 Å². The molecule has 1 heterocycles. The second-order valence-electron chi connectivity index (χ2n) is 2.76. The number of aromatic nitrogens is 1. The van der Waals surface area contributed by atoms with E-state index in [1.807, 2.05) is 0 Å². The Hall–Kier alpha value is -1.55. The van der Waals surface area contributed by atoms with E-state index in [0.29, 0.717) is 10.9 Å². The van der Waals surface area contributed by atoms with Gasteiger partial charge in [0.2, 0.25) is 5.88 Å². The van der Waals surface area contributed by atoms with Crippen molar-refractivity contribution in [2.75, 3.05) is 7.11 Å². The standard InChI is InChI=1S/C10H10ClNO3/c1-15-10-8(11)5-7(6-12-10)3-2-4-9(13)14/h2-3,5-6H,4H2,1H3,(H,13,14). The minimum atomic E-state index is -0.876. The fourth-order valence-corrected chi connectivity index (χ4v) is 1.23. The zero-order valence-electron chi connectivity index (χ0n) is 8.11. The van der Waals surface area contributed by atoms with E-state index in [4.69, 9.17) is 21.4 Å². The normalized spacial score (nSPS) is 10.5. The third-order valence-corrected chi connectivity index (χ3v) is 1.90. The van der Waals surface area contributed by atoms with Crippen LogP contribution in [-0.2, 0) is 4.79 Å². The van der Waals surface area contributed by atoms with Crippen molar-refractivity contribution in [1.82, 2.24) is 4.98 Å². The number of carboxylic acid groups (broad SMARTS) is 1. The molecule has 0 unspecified atom stereocenters. The van der Waals surface area contributed by atoms with Gasteiger partial charge in [-0.15, -0.1) is 0 Å². The summed E-state index contributed by atoms with van der Waals surface area (Å²) in [6, 6.07) is 1.66. The monoisotopic (exact) mass is 227 g/mol. The van der Waals surface area contributed by atoms with Gasteiger partial charge >= 0.3 is 5.97 Å². The Bertz CT molecular complexity index is 390. The Kier molecular flexibility index (Phi) is 4.12. The number of pyridine rings is 1. The van der Waals surface area contributed by atoms with Crippen LogP contribution in [0.15, 0.2) is 18.3 Å². The van der Waals surface area contributed by atoms with Crippen LogP contribution in [0.1, 0.15) is 12.0 Å². The van der Waals surface area contributed by atoms with Crippen LogP contribution >= 0.6 is 11.6 Å². The second-order valence-corrected chi connectivity index (χ2v) is 3.17. The number of carbonyl (C=O) groups is 1. The SMILES string of the molecule is COc1ncc(C=CCC(=O)O)cc1Cl. The number of carboxylic acids is 1. The van der Waals surface area contributed by atoms with Crippen molar-refractivity contribution >= 4 is 23.6 Å². The summed E-state index contributed by atoms with van der Waals surface area (Å²) in [6.07, 6.45) is 4.71. The van der Waals surface area contributed by atoms with E-state index in [9.17, 15) is 4.79 Å². The third-order valence-electron chi connectivity index (χ3n) is 1.62. The summed E-state index contributed by atoms with van der Waals surface area (Å²) in [6.45, 7) is 0. The Morgan fingerprint density at radius 3 is 3.00 bits per heavy atom. The predicted octanol–water partition coefficient (Wildman–Crippen LogP) is 2.23. The summed E-state index contributed by atoms with van der Waals surface area (Å²) in [5.74, 6) is -0.522. The lowest BCUT2D eigenvalue weighted by molar-refractivity contribution is -0.135. The van der Waals surface area contributed by atoms with Gasteiger partial charge in [0.05, 0.1) is 13.5 Å². The maximum Gasteiger partial charge on any atom is 0.307 e. The third kappa shape index (κ3) is 3.59. The van der Waals surface area contributed by atoms with Crippen LogP contribution in [0.3, 0.4) is 0 Å². The van der Waals surface area contributed by atoms with Gasteiger partial charge in [0.1, 0.15) is 5.02 Å². The molecule has 0 radical (unpaired) electrons. The van der Waals surface area contributed by atoms with Crippen LogP contribution in [0.4, 0.5) is 0 Å². The molecule has 5 heteroatoms. The maximum atomic E-state index is 10.2. The fourth-order valence-electron chi connectivity index (χ4n) is 0.977. The highest BCUT2D eigenvalue weighted by Crippen LogP contribution is 2.22. The molecule has 0 saturated carbocycles. The predicted molar refractivity (Wildman–Crippen MR) is 57.1 cm³/mol. The molecule has 0 aliphatic carbocycles. The first kappa shape index (κ1) is 11.5. The molecule has 0 aromatic carbocycles. The average Bonchev–Trinajstić information content (AvgIpc) is 2.17. The van der Waals surface area contributed by atoms with Crippen molar-refractivity contribution < 1.29 is 14.6 Å². The average molecular weight is 228 g/mol. The van der Waals surface area contributed by atoms with Gasteiger partial charge in [-0.2, -0.15) is 0 Å². The smallest absolute Gasteiger partial charge is 0.307 e. The minimum absolute atomic E-state index is 0.0242. The van der Waals surface area contributed by atoms with E-state index >= 15 is 0 Å². The van der Waals surface area contributed by atoms with Crippen molar-refractivity contribution in [2.45, 2.75) is 6.42 Å². The zero-order valence-corrected chi connectivity index (χ0v) is 8.86. The van der Waals surface area contributed by atoms with Gasteiger partial charge in [0, 0.05) is 6.20 Å². The number of methoxy groups -OCH3 is 1. The van der Waals surface area contributed by atoms with E-state index in [1.165, 1.54) is 13.2 Å². The van der Waals surface area contributed by atoms with Crippen molar-refractivity contribution in [3.63, 3.8) is 0 Å². The molecule has 0 amide bonds. The number of aliphatic carboxylic acids is 1. The topological polar surface area (TPSA) is 59.4 Å². The molecule has 0 atom stereocenters. The molecule has 15 heavy (non-hydrogen) atoms. The summed E-state index contributed by atoms with van der Waals surface area (Å²) >= 11 is 5.83. The van der Waals surface area contributed by atoms with E-state index in [0.717, 1.165) is 5.56 Å². The molecule has 1 rings (SSSR count). The molecule has 1 N–H and O–H groups in total. The lowest BCUT2D eigenvalue weighted by atomic mass is 10.2. The van der Waals surface area contributed by atoms with Crippen LogP contribution in [0.5, 0.6) is 5.88 Å². The molecule has 0 aliphatic heterocycles. The summed E-state index contributed by atoms with van der Waals surface area (Å²) in [5.41, 5.74) is 0.738. The second kappa shape index (κ2) is 5.36. The molecule has 0 bridgehead atoms. The van der Waals surface area contributed by atoms with Crippen molar-refractivity contribution in [1.29, 1.82) is 0 Å². The van der Waals surface area contributed by atoms with Gasteiger partial charge in [0.25, 0.3) is 0 Å². The van der Waals surface area contributed by atoms with Gasteiger partial charge in [0.15, 0.2) is 0 Å². The highest BCUT2D eigenvalue weighted by Gasteiger charge is 2.01. The molecule has 0 aliphatic rings. The number of hydrogen-bond acceptors (Lipinski definition) is 3. The van der Waals surface area contributed by atoms with Crippen molar-refractivity contribution in [3.8, 4) is 5.88 Å². The molecule has 0 spiro atoms. The Morgan fingerprint density at radius 1 is 1.73 bits per heavy atom. The number of halogens is 1. The quantitative estimate of drug-likeness (QED) is 0.857. The molecule has 4 nitrogen and oxygen atoms in total. The first-order valence-corrected chi connectivity index (χ1v) is 4.59. The zero-order chi connectivity index (χ0) is 11.3. The summed E-state index contributed by atoms with van der Waals surface area (Å²) in [4.78, 5) is 14.2. The van der Waals surface area contributed by atoms with Crippen LogP contribution in [0.25, 0.3) is 6.08 Å². The largest absolute Gasteiger partial charge is 0.481 e. The van der Waals surface area contributed by atoms with E-state index in [-0.39, 0.29) is 6.42 Å². The number of ether oxygens (including phenoxy) is 1. The number of rotatable bonds is 4. The van der Waals surface area contributed by atoms with E-state index < -0.39 is 5.97 Å². The van der Waals surface area contributed by atoms with Crippen LogP contribution in [0, 0.1) is 0 Å². The number of nitrogens with zero attached hydrogens (tertiary/aromatic N) is 1. The van der Waals surface area contributed by atoms with Gasteiger partial charge in [-0.3, -0.25) is 4.79 Å². The Balaban J connectivity index is 2.75. The maximum absolute atomic E-state index is 10.2. The minimum Gasteiger partial charge on any atom is -0.481 e. The molecule has 1 aromatic rings. The highest BCUT2D eigenvalue weighted by molar-refractivity contribution is 6.31. The van der Waals surface area contributed by atoms with Crippen molar-refractivity contribution in [2.24, 2.45) is 0 Å². The van der Waals surface area contributed by atoms with E-state index in [1.54, 1.807) is 18.3 Å². The van der Waals surface area contributed by atoms with Crippen LogP contribution < -0.4 is 4.74 Å². The molecular weight excluding hydrogens is 218 g/mol. The highest BCUT2D eigenvalue weighted by atomic mass is 35.5. The summed E-state index contributed by atoms with van der Waals surface area (Å²) in [5, 5.41) is 8.81. The number of hydrogen-bond donors (Lipinski definition) is 1. The molecule has 0 saturated heterocycles. The lowest BCUT2D eigenvalue weighted by Gasteiger charge is -2.01. The lowest BCUT2D eigenvalue weighted by Crippen LogP contribution is -1.90. The summed E-state index contributed by atoms with van der Waals surface area (Å²) in [7, 11) is 1.48. The van der Waals surface area contributed by atoms with Gasteiger partial charge in [-0.05, 0) is 11.6 Å². The summed E-state index contributed by atoms with van der Waals surface area (Å²) < 4.78 is 4.88. The van der Waals surface area contributed by atoms with E-state index in [2.05, 4.69) is 4.98 Å². The van der Waals surface area contributed by atoms with Crippen molar-refractivity contribution in [3.05, 3.63) is 28.9 Å². The molecule has 0 fully saturated rings. The molecule has 1 aromatic heterocycles. The Morgan fingerprint density at radius 2 is 2.47 bits per heavy atom. The molecular formula is C10H10ClNO3. The van der Waals surface area contributed by atoms with Gasteiger partial charge in [-0.1, -0.05) is 23.8 Å². The fraction of sp³-hybridized carbons (Fsp3) is 0.200.